The molecule has 21 heavy (non-hydrogen) atoms. The first-order valence-electron chi connectivity index (χ1n) is 6.79. The molecule has 2 rings (SSSR count). The summed E-state index contributed by atoms with van der Waals surface area (Å²) < 4.78 is 19.4. The molecule has 2 aromatic rings. The highest BCUT2D eigenvalue weighted by Crippen LogP contribution is 2.29. The van der Waals surface area contributed by atoms with Crippen molar-refractivity contribution in [3.05, 3.63) is 53.3 Å². The largest absolute Gasteiger partial charge is 0.493 e. The van der Waals surface area contributed by atoms with E-state index in [9.17, 15) is 14.3 Å². The van der Waals surface area contributed by atoms with E-state index in [4.69, 9.17) is 4.74 Å². The van der Waals surface area contributed by atoms with E-state index >= 15 is 0 Å². The van der Waals surface area contributed by atoms with Gasteiger partial charge < -0.3 is 9.84 Å². The van der Waals surface area contributed by atoms with E-state index in [1.54, 1.807) is 31.2 Å². The minimum atomic E-state index is -1.09. The van der Waals surface area contributed by atoms with Gasteiger partial charge in [0.15, 0.2) is 0 Å². The molecule has 1 N–H and O–H groups in total. The number of aromatic carboxylic acids is 1. The van der Waals surface area contributed by atoms with Crippen molar-refractivity contribution in [2.24, 2.45) is 0 Å². The average molecular weight is 288 g/mol. The second-order valence-corrected chi connectivity index (χ2v) is 4.85. The summed E-state index contributed by atoms with van der Waals surface area (Å²) in [6.45, 7) is 4.19. The summed E-state index contributed by atoms with van der Waals surface area (Å²) >= 11 is 0. The fourth-order valence-corrected chi connectivity index (χ4v) is 2.06. The number of hydrogen-bond donors (Lipinski definition) is 1. The summed E-state index contributed by atoms with van der Waals surface area (Å²) in [4.78, 5) is 11.3. The minimum Gasteiger partial charge on any atom is -0.493 e. The topological polar surface area (TPSA) is 46.5 Å². The smallest absolute Gasteiger partial charge is 0.339 e. The SMILES string of the molecule is CCCOc1ccc(-c2ccc(C)cc2F)cc1C(=O)O. The molecule has 0 fully saturated rings. The third-order valence-electron chi connectivity index (χ3n) is 3.11. The molecule has 0 amide bonds. The van der Waals surface area contributed by atoms with Crippen LogP contribution in [0.4, 0.5) is 4.39 Å². The number of carbonyl (C=O) groups is 1. The lowest BCUT2D eigenvalue weighted by atomic mass is 10.0. The summed E-state index contributed by atoms with van der Waals surface area (Å²) in [7, 11) is 0. The highest BCUT2D eigenvalue weighted by Gasteiger charge is 2.14. The molecule has 0 heterocycles. The van der Waals surface area contributed by atoms with Gasteiger partial charge in [0.2, 0.25) is 0 Å². The summed E-state index contributed by atoms with van der Waals surface area (Å²) in [6.07, 6.45) is 0.785. The first kappa shape index (κ1) is 15.0. The maximum Gasteiger partial charge on any atom is 0.339 e. The number of hydrogen-bond acceptors (Lipinski definition) is 2. The number of carboxylic acids is 1. The maximum absolute atomic E-state index is 14.0. The molecule has 0 saturated carbocycles. The van der Waals surface area contributed by atoms with Crippen molar-refractivity contribution in [1.29, 1.82) is 0 Å². The van der Waals surface area contributed by atoms with Gasteiger partial charge in [-0.3, -0.25) is 0 Å². The van der Waals surface area contributed by atoms with Gasteiger partial charge in [-0.1, -0.05) is 25.1 Å². The van der Waals surface area contributed by atoms with Crippen LogP contribution in [0.2, 0.25) is 0 Å². The molecule has 0 aliphatic heterocycles. The van der Waals surface area contributed by atoms with Crippen LogP contribution in [-0.4, -0.2) is 17.7 Å². The van der Waals surface area contributed by atoms with Gasteiger partial charge in [-0.2, -0.15) is 0 Å². The molecule has 0 aliphatic carbocycles. The molecule has 0 saturated heterocycles. The molecule has 0 bridgehead atoms. The van der Waals surface area contributed by atoms with Crippen molar-refractivity contribution in [1.82, 2.24) is 0 Å². The third-order valence-corrected chi connectivity index (χ3v) is 3.11. The van der Waals surface area contributed by atoms with E-state index in [1.165, 1.54) is 12.1 Å². The van der Waals surface area contributed by atoms with Crippen molar-refractivity contribution in [3.8, 4) is 16.9 Å². The van der Waals surface area contributed by atoms with Crippen molar-refractivity contribution in [2.45, 2.75) is 20.3 Å². The van der Waals surface area contributed by atoms with Crippen LogP contribution in [0.5, 0.6) is 5.75 Å². The lowest BCUT2D eigenvalue weighted by Gasteiger charge is -2.11. The van der Waals surface area contributed by atoms with E-state index in [0.29, 0.717) is 23.5 Å². The van der Waals surface area contributed by atoms with Gasteiger partial charge in [-0.05, 0) is 42.7 Å². The third kappa shape index (κ3) is 3.40. The molecule has 0 unspecified atom stereocenters. The van der Waals surface area contributed by atoms with Crippen molar-refractivity contribution >= 4 is 5.97 Å². The number of aryl methyl sites for hydroxylation is 1. The van der Waals surface area contributed by atoms with E-state index in [2.05, 4.69) is 0 Å². The molecule has 2 aromatic carbocycles. The zero-order valence-electron chi connectivity index (χ0n) is 12.0. The zero-order valence-corrected chi connectivity index (χ0v) is 12.0. The molecular weight excluding hydrogens is 271 g/mol. The van der Waals surface area contributed by atoms with Crippen LogP contribution in [0.25, 0.3) is 11.1 Å². The Morgan fingerprint density at radius 1 is 1.24 bits per heavy atom. The monoisotopic (exact) mass is 288 g/mol. The Kier molecular flexibility index (Phi) is 4.58. The van der Waals surface area contributed by atoms with Crippen LogP contribution in [0.3, 0.4) is 0 Å². The standard InChI is InChI=1S/C17H17FO3/c1-3-8-21-16-7-5-12(10-14(16)17(19)20)13-6-4-11(2)9-15(13)18/h4-7,9-10H,3,8H2,1-2H3,(H,19,20). The Labute approximate surface area is 123 Å². The summed E-state index contributed by atoms with van der Waals surface area (Å²) in [5.41, 5.74) is 1.76. The van der Waals surface area contributed by atoms with E-state index < -0.39 is 5.97 Å². The van der Waals surface area contributed by atoms with E-state index in [1.807, 2.05) is 6.92 Å². The second-order valence-electron chi connectivity index (χ2n) is 4.85. The van der Waals surface area contributed by atoms with Gasteiger partial charge in [0.25, 0.3) is 0 Å². The number of benzene rings is 2. The lowest BCUT2D eigenvalue weighted by Crippen LogP contribution is -2.04. The first-order valence-corrected chi connectivity index (χ1v) is 6.79. The predicted octanol–water partition coefficient (Wildman–Crippen LogP) is 4.29. The summed E-state index contributed by atoms with van der Waals surface area (Å²) in [6, 6.07) is 9.57. The Hall–Kier alpha value is -2.36. The molecule has 3 nitrogen and oxygen atoms in total. The van der Waals surface area contributed by atoms with Crippen LogP contribution in [0.15, 0.2) is 36.4 Å². The van der Waals surface area contributed by atoms with Gasteiger partial charge in [0, 0.05) is 5.56 Å². The first-order chi connectivity index (χ1) is 10.0. The molecular formula is C17H17FO3. The molecule has 0 aliphatic rings. The lowest BCUT2D eigenvalue weighted by molar-refractivity contribution is 0.0692. The Balaban J connectivity index is 2.46. The molecule has 4 heteroatoms. The number of halogens is 1. The highest BCUT2D eigenvalue weighted by atomic mass is 19.1. The highest BCUT2D eigenvalue weighted by molar-refractivity contribution is 5.92. The van der Waals surface area contributed by atoms with Gasteiger partial charge in [-0.15, -0.1) is 0 Å². The zero-order chi connectivity index (χ0) is 15.4. The van der Waals surface area contributed by atoms with Crippen LogP contribution < -0.4 is 4.74 Å². The van der Waals surface area contributed by atoms with Crippen LogP contribution in [0, 0.1) is 12.7 Å². The second kappa shape index (κ2) is 6.39. The van der Waals surface area contributed by atoms with Crippen molar-refractivity contribution in [2.75, 3.05) is 6.61 Å². The number of carboxylic acid groups (broad SMARTS) is 1. The fraction of sp³-hybridized carbons (Fsp3) is 0.235. The Morgan fingerprint density at radius 2 is 2.00 bits per heavy atom. The quantitative estimate of drug-likeness (QED) is 0.892. The molecule has 0 spiro atoms. The molecule has 110 valence electrons. The average Bonchev–Trinajstić information content (AvgIpc) is 2.45. The van der Waals surface area contributed by atoms with E-state index in [0.717, 1.165) is 12.0 Å². The van der Waals surface area contributed by atoms with Gasteiger partial charge in [0.05, 0.1) is 6.61 Å². The molecule has 0 radical (unpaired) electrons. The Morgan fingerprint density at radius 3 is 2.62 bits per heavy atom. The number of rotatable bonds is 5. The van der Waals surface area contributed by atoms with Crippen molar-refractivity contribution < 1.29 is 19.0 Å². The number of ether oxygens (including phenoxy) is 1. The molecule has 0 aromatic heterocycles. The van der Waals surface area contributed by atoms with Crippen LogP contribution in [-0.2, 0) is 0 Å². The van der Waals surface area contributed by atoms with Crippen LogP contribution in [0.1, 0.15) is 29.3 Å². The Bertz CT molecular complexity index is 665. The summed E-state index contributed by atoms with van der Waals surface area (Å²) in [5.74, 6) is -1.15. The van der Waals surface area contributed by atoms with Gasteiger partial charge in [-0.25, -0.2) is 9.18 Å². The van der Waals surface area contributed by atoms with Gasteiger partial charge >= 0.3 is 5.97 Å². The normalized spacial score (nSPS) is 10.4. The fourth-order valence-electron chi connectivity index (χ4n) is 2.06. The predicted molar refractivity (Wildman–Crippen MR) is 79.3 cm³/mol. The van der Waals surface area contributed by atoms with Crippen molar-refractivity contribution in [3.63, 3.8) is 0 Å². The van der Waals surface area contributed by atoms with E-state index in [-0.39, 0.29) is 11.4 Å². The van der Waals surface area contributed by atoms with Crippen LogP contribution >= 0.6 is 0 Å². The summed E-state index contributed by atoms with van der Waals surface area (Å²) in [5, 5.41) is 9.28. The van der Waals surface area contributed by atoms with Gasteiger partial charge in [0.1, 0.15) is 17.1 Å². The minimum absolute atomic E-state index is 0.0425. The maximum atomic E-state index is 14.0. The molecule has 0 atom stereocenters.